The summed E-state index contributed by atoms with van der Waals surface area (Å²) in [6.07, 6.45) is 1.86. The number of rotatable bonds is 0. The fraction of sp³-hybridized carbons (Fsp3) is 1.00. The molecule has 4 unspecified atom stereocenters. The average molecular weight is 202 g/mol. The number of hydrogen-bond acceptors (Lipinski definition) is 3. The first kappa shape index (κ1) is 8.24. The molecule has 1 saturated heterocycles. The van der Waals surface area contributed by atoms with Gasteiger partial charge in [-0.05, 0) is 24.2 Å². The van der Waals surface area contributed by atoms with Crippen LogP contribution in [0.2, 0.25) is 0 Å². The van der Waals surface area contributed by atoms with Crippen LogP contribution in [0.1, 0.15) is 26.7 Å². The van der Waals surface area contributed by atoms with Crippen molar-refractivity contribution >= 4 is 10.1 Å². The Balaban J connectivity index is 2.14. The third kappa shape index (κ3) is 0.773. The Hall–Kier alpha value is -0.0900. The molecule has 0 radical (unpaired) electrons. The summed E-state index contributed by atoms with van der Waals surface area (Å²) >= 11 is 0. The summed E-state index contributed by atoms with van der Waals surface area (Å²) in [5, 5.41) is -0.182. The lowest BCUT2D eigenvalue weighted by Crippen LogP contribution is -2.32. The first-order valence-electron chi connectivity index (χ1n) is 4.86. The zero-order valence-electron chi connectivity index (χ0n) is 7.86. The predicted octanol–water partition coefficient (Wildman–Crippen LogP) is 1.15. The SMILES string of the molecule is CC1C2OS(=O)(=O)C3C[C@@]1(C)CC23. The molecule has 0 amide bonds. The van der Waals surface area contributed by atoms with Gasteiger partial charge in [0.1, 0.15) is 0 Å². The van der Waals surface area contributed by atoms with E-state index in [1.807, 2.05) is 0 Å². The highest BCUT2D eigenvalue weighted by atomic mass is 32.2. The maximum Gasteiger partial charge on any atom is 0.270 e. The van der Waals surface area contributed by atoms with E-state index in [-0.39, 0.29) is 16.8 Å². The van der Waals surface area contributed by atoms with Gasteiger partial charge in [0.2, 0.25) is 0 Å². The Labute approximate surface area is 78.6 Å². The summed E-state index contributed by atoms with van der Waals surface area (Å²) in [7, 11) is -3.20. The summed E-state index contributed by atoms with van der Waals surface area (Å²) in [4.78, 5) is 0. The van der Waals surface area contributed by atoms with Gasteiger partial charge in [-0.15, -0.1) is 0 Å². The number of hydrogen-bond donors (Lipinski definition) is 0. The molecule has 74 valence electrons. The molecule has 0 N–H and O–H groups in total. The molecule has 3 nitrogen and oxygen atoms in total. The lowest BCUT2D eigenvalue weighted by molar-refractivity contribution is 0.106. The zero-order chi connectivity index (χ0) is 9.43. The highest BCUT2D eigenvalue weighted by molar-refractivity contribution is 7.87. The minimum Gasteiger partial charge on any atom is -0.266 e. The zero-order valence-corrected chi connectivity index (χ0v) is 8.67. The monoisotopic (exact) mass is 202 g/mol. The van der Waals surface area contributed by atoms with E-state index < -0.39 is 10.1 Å². The Morgan fingerprint density at radius 1 is 1.38 bits per heavy atom. The van der Waals surface area contributed by atoms with Crippen molar-refractivity contribution in [3.8, 4) is 0 Å². The topological polar surface area (TPSA) is 43.4 Å². The van der Waals surface area contributed by atoms with Crippen LogP contribution in [0.4, 0.5) is 0 Å². The van der Waals surface area contributed by atoms with Crippen molar-refractivity contribution in [2.75, 3.05) is 0 Å². The molecule has 2 saturated carbocycles. The Kier molecular flexibility index (Phi) is 1.24. The van der Waals surface area contributed by atoms with Crippen LogP contribution in [-0.2, 0) is 14.3 Å². The molecule has 3 aliphatic rings. The minimum atomic E-state index is -3.20. The summed E-state index contributed by atoms with van der Waals surface area (Å²) in [6, 6.07) is 0. The first-order valence-corrected chi connectivity index (χ1v) is 6.33. The van der Waals surface area contributed by atoms with Crippen LogP contribution in [0.25, 0.3) is 0 Å². The maximum atomic E-state index is 11.5. The van der Waals surface area contributed by atoms with Crippen LogP contribution in [0, 0.1) is 17.3 Å². The van der Waals surface area contributed by atoms with E-state index in [0.29, 0.717) is 11.8 Å². The van der Waals surface area contributed by atoms with Gasteiger partial charge in [-0.1, -0.05) is 13.8 Å². The molecule has 2 bridgehead atoms. The van der Waals surface area contributed by atoms with Gasteiger partial charge in [-0.3, -0.25) is 4.18 Å². The van der Waals surface area contributed by atoms with Gasteiger partial charge < -0.3 is 0 Å². The Bertz CT molecular complexity index is 361. The van der Waals surface area contributed by atoms with E-state index in [2.05, 4.69) is 13.8 Å². The van der Waals surface area contributed by atoms with Crippen LogP contribution < -0.4 is 0 Å². The normalized spacial score (nSPS) is 61.7. The molecule has 0 spiro atoms. The van der Waals surface area contributed by atoms with Gasteiger partial charge in [0.15, 0.2) is 0 Å². The molecule has 13 heavy (non-hydrogen) atoms. The second kappa shape index (κ2) is 1.96. The molecule has 4 heteroatoms. The van der Waals surface area contributed by atoms with Crippen molar-refractivity contribution in [3.63, 3.8) is 0 Å². The van der Waals surface area contributed by atoms with Crippen molar-refractivity contribution < 1.29 is 12.6 Å². The van der Waals surface area contributed by atoms with E-state index >= 15 is 0 Å². The lowest BCUT2D eigenvalue weighted by atomic mass is 9.76. The van der Waals surface area contributed by atoms with E-state index in [9.17, 15) is 8.42 Å². The number of fused-ring (bicyclic) bond motifs is 1. The molecule has 1 aliphatic heterocycles. The van der Waals surface area contributed by atoms with Crippen LogP contribution in [0.15, 0.2) is 0 Å². The van der Waals surface area contributed by atoms with Gasteiger partial charge in [0, 0.05) is 5.92 Å². The molecule has 3 rings (SSSR count). The van der Waals surface area contributed by atoms with Crippen LogP contribution in [-0.4, -0.2) is 19.8 Å². The summed E-state index contributed by atoms with van der Waals surface area (Å²) in [5.74, 6) is 0.705. The fourth-order valence-electron chi connectivity index (χ4n) is 3.53. The maximum absolute atomic E-state index is 11.5. The van der Waals surface area contributed by atoms with E-state index in [1.165, 1.54) is 0 Å². The average Bonchev–Trinajstić information content (AvgIpc) is 2.52. The van der Waals surface area contributed by atoms with Crippen molar-refractivity contribution in [2.24, 2.45) is 17.3 Å². The fourth-order valence-corrected chi connectivity index (χ4v) is 5.55. The standard InChI is InChI=1S/C9H14O3S/c1-5-8-6-3-9(5,2)4-7(6)13(10,11)12-8/h5-8H,3-4H2,1-2H3/t5?,6?,7?,8?,9-/m1/s1. The van der Waals surface area contributed by atoms with E-state index in [4.69, 9.17) is 4.18 Å². The molecular weight excluding hydrogens is 188 g/mol. The van der Waals surface area contributed by atoms with Gasteiger partial charge in [0.05, 0.1) is 11.4 Å². The molecule has 0 aromatic rings. The summed E-state index contributed by atoms with van der Waals surface area (Å²) < 4.78 is 28.3. The van der Waals surface area contributed by atoms with E-state index in [1.54, 1.807) is 0 Å². The van der Waals surface area contributed by atoms with Gasteiger partial charge in [0.25, 0.3) is 10.1 Å². The van der Waals surface area contributed by atoms with Crippen LogP contribution in [0.3, 0.4) is 0 Å². The molecule has 0 aromatic heterocycles. The smallest absolute Gasteiger partial charge is 0.266 e. The summed E-state index contributed by atoms with van der Waals surface area (Å²) in [6.45, 7) is 4.33. The molecular formula is C9H14O3S. The molecule has 1 heterocycles. The van der Waals surface area contributed by atoms with Gasteiger partial charge in [-0.25, -0.2) is 0 Å². The molecule has 0 aromatic carbocycles. The lowest BCUT2D eigenvalue weighted by Gasteiger charge is -2.29. The Morgan fingerprint density at radius 2 is 2.08 bits per heavy atom. The van der Waals surface area contributed by atoms with Crippen molar-refractivity contribution in [2.45, 2.75) is 38.0 Å². The Morgan fingerprint density at radius 3 is 2.62 bits per heavy atom. The summed E-state index contributed by atoms with van der Waals surface area (Å²) in [5.41, 5.74) is 0.226. The van der Waals surface area contributed by atoms with Crippen molar-refractivity contribution in [1.29, 1.82) is 0 Å². The van der Waals surface area contributed by atoms with E-state index in [0.717, 1.165) is 12.8 Å². The minimum absolute atomic E-state index is 0.00579. The second-order valence-corrected chi connectivity index (χ2v) is 6.89. The van der Waals surface area contributed by atoms with Crippen LogP contribution >= 0.6 is 0 Å². The largest absolute Gasteiger partial charge is 0.270 e. The molecule has 5 atom stereocenters. The van der Waals surface area contributed by atoms with Crippen molar-refractivity contribution in [3.05, 3.63) is 0 Å². The van der Waals surface area contributed by atoms with Crippen LogP contribution in [0.5, 0.6) is 0 Å². The van der Waals surface area contributed by atoms with Crippen molar-refractivity contribution in [1.82, 2.24) is 0 Å². The van der Waals surface area contributed by atoms with Gasteiger partial charge >= 0.3 is 0 Å². The predicted molar refractivity (Wildman–Crippen MR) is 47.6 cm³/mol. The molecule has 3 fully saturated rings. The van der Waals surface area contributed by atoms with Gasteiger partial charge in [-0.2, -0.15) is 8.42 Å². The molecule has 2 aliphatic carbocycles. The quantitative estimate of drug-likeness (QED) is 0.553. The first-order chi connectivity index (χ1) is 5.94. The third-order valence-corrected chi connectivity index (χ3v) is 6.23. The third-order valence-electron chi connectivity index (χ3n) is 4.48. The highest BCUT2D eigenvalue weighted by Gasteiger charge is 2.67. The highest BCUT2D eigenvalue weighted by Crippen LogP contribution is 2.63. The second-order valence-electron chi connectivity index (χ2n) is 5.11.